The molecule has 0 bridgehead atoms. The van der Waals surface area contributed by atoms with Crippen molar-refractivity contribution in [1.82, 2.24) is 10.3 Å². The van der Waals surface area contributed by atoms with Crippen LogP contribution in [0.3, 0.4) is 0 Å². The van der Waals surface area contributed by atoms with Crippen LogP contribution in [0.25, 0.3) is 10.9 Å². The van der Waals surface area contributed by atoms with Gasteiger partial charge in [0, 0.05) is 35.1 Å². The SMILES string of the molecule is Cc1[nH]c2ccc(C(=O)NCCCCC(=O)O)cc2c1C. The molecule has 112 valence electrons. The Morgan fingerprint density at radius 2 is 2.00 bits per heavy atom. The minimum absolute atomic E-state index is 0.120. The van der Waals surface area contributed by atoms with Gasteiger partial charge in [0.1, 0.15) is 0 Å². The normalized spacial score (nSPS) is 10.8. The van der Waals surface area contributed by atoms with Gasteiger partial charge in [-0.2, -0.15) is 0 Å². The summed E-state index contributed by atoms with van der Waals surface area (Å²) in [6, 6.07) is 5.60. The van der Waals surface area contributed by atoms with Crippen LogP contribution < -0.4 is 5.32 Å². The van der Waals surface area contributed by atoms with Crippen molar-refractivity contribution in [3.63, 3.8) is 0 Å². The number of unbranched alkanes of at least 4 members (excludes halogenated alkanes) is 1. The number of hydrogen-bond acceptors (Lipinski definition) is 2. The molecule has 1 aromatic carbocycles. The Bertz CT molecular complexity index is 673. The second-order valence-electron chi connectivity index (χ2n) is 5.24. The molecule has 1 heterocycles. The van der Waals surface area contributed by atoms with Crippen LogP contribution >= 0.6 is 0 Å². The molecule has 21 heavy (non-hydrogen) atoms. The molecule has 5 nitrogen and oxygen atoms in total. The van der Waals surface area contributed by atoms with Crippen LogP contribution in [0, 0.1) is 13.8 Å². The predicted octanol–water partition coefficient (Wildman–Crippen LogP) is 2.77. The molecule has 0 aliphatic rings. The third-order valence-corrected chi connectivity index (χ3v) is 3.67. The van der Waals surface area contributed by atoms with Crippen LogP contribution in [0.4, 0.5) is 0 Å². The lowest BCUT2D eigenvalue weighted by atomic mass is 10.1. The monoisotopic (exact) mass is 288 g/mol. The number of fused-ring (bicyclic) bond motifs is 1. The van der Waals surface area contributed by atoms with Crippen molar-refractivity contribution in [3.05, 3.63) is 35.0 Å². The van der Waals surface area contributed by atoms with Gasteiger partial charge in [-0.1, -0.05) is 0 Å². The molecular formula is C16H20N2O3. The third-order valence-electron chi connectivity index (χ3n) is 3.67. The van der Waals surface area contributed by atoms with E-state index in [1.807, 2.05) is 26.0 Å². The summed E-state index contributed by atoms with van der Waals surface area (Å²) in [5, 5.41) is 12.4. The number of hydrogen-bond donors (Lipinski definition) is 3. The van der Waals surface area contributed by atoms with E-state index in [4.69, 9.17) is 5.11 Å². The lowest BCUT2D eigenvalue weighted by Crippen LogP contribution is -2.24. The highest BCUT2D eigenvalue weighted by Gasteiger charge is 2.09. The van der Waals surface area contributed by atoms with Crippen molar-refractivity contribution in [2.24, 2.45) is 0 Å². The third kappa shape index (κ3) is 3.62. The summed E-state index contributed by atoms with van der Waals surface area (Å²) in [6.07, 6.45) is 1.39. The van der Waals surface area contributed by atoms with Gasteiger partial charge in [-0.15, -0.1) is 0 Å². The second-order valence-corrected chi connectivity index (χ2v) is 5.24. The summed E-state index contributed by atoms with van der Waals surface area (Å²) in [4.78, 5) is 25.7. The van der Waals surface area contributed by atoms with Crippen molar-refractivity contribution in [3.8, 4) is 0 Å². The number of H-pyrrole nitrogens is 1. The Morgan fingerprint density at radius 3 is 2.71 bits per heavy atom. The first-order valence-corrected chi connectivity index (χ1v) is 7.08. The number of nitrogens with one attached hydrogen (secondary N) is 2. The number of carboxylic acid groups (broad SMARTS) is 1. The lowest BCUT2D eigenvalue weighted by molar-refractivity contribution is -0.137. The summed E-state index contributed by atoms with van der Waals surface area (Å²) < 4.78 is 0. The standard InChI is InChI=1S/C16H20N2O3/c1-10-11(2)18-14-7-6-12(9-13(10)14)16(21)17-8-4-3-5-15(19)20/h6-7,9,18H,3-5,8H2,1-2H3,(H,17,21)(H,19,20). The van der Waals surface area contributed by atoms with E-state index in [1.54, 1.807) is 6.07 Å². The number of benzene rings is 1. The molecule has 0 saturated carbocycles. The van der Waals surface area contributed by atoms with Gasteiger partial charge in [0.25, 0.3) is 5.91 Å². The fourth-order valence-electron chi connectivity index (χ4n) is 2.31. The molecule has 0 atom stereocenters. The van der Waals surface area contributed by atoms with Crippen LogP contribution in [0.1, 0.15) is 40.9 Å². The largest absolute Gasteiger partial charge is 0.481 e. The zero-order valence-corrected chi connectivity index (χ0v) is 12.3. The van der Waals surface area contributed by atoms with Crippen molar-refractivity contribution in [2.45, 2.75) is 33.1 Å². The smallest absolute Gasteiger partial charge is 0.303 e. The zero-order chi connectivity index (χ0) is 15.4. The minimum atomic E-state index is -0.801. The Labute approximate surface area is 123 Å². The fraction of sp³-hybridized carbons (Fsp3) is 0.375. The molecule has 0 saturated heterocycles. The number of aromatic nitrogens is 1. The van der Waals surface area contributed by atoms with Crippen LogP contribution in [0.2, 0.25) is 0 Å². The van der Waals surface area contributed by atoms with Crippen LogP contribution in [-0.4, -0.2) is 28.5 Å². The van der Waals surface area contributed by atoms with Gasteiger partial charge < -0.3 is 15.4 Å². The molecule has 1 aromatic heterocycles. The van der Waals surface area contributed by atoms with Crippen LogP contribution in [-0.2, 0) is 4.79 Å². The first-order valence-electron chi connectivity index (χ1n) is 7.08. The number of carboxylic acids is 1. The maximum atomic E-state index is 12.1. The van der Waals surface area contributed by atoms with E-state index in [2.05, 4.69) is 10.3 Å². The number of aliphatic carboxylic acids is 1. The van der Waals surface area contributed by atoms with E-state index < -0.39 is 5.97 Å². The summed E-state index contributed by atoms with van der Waals surface area (Å²) in [5.74, 6) is -0.921. The molecule has 2 aromatic rings. The van der Waals surface area contributed by atoms with Gasteiger partial charge in [0.15, 0.2) is 0 Å². The van der Waals surface area contributed by atoms with Gasteiger partial charge in [-0.25, -0.2) is 0 Å². The molecule has 0 spiro atoms. The number of amides is 1. The van der Waals surface area contributed by atoms with Crippen molar-refractivity contribution in [2.75, 3.05) is 6.54 Å². The van der Waals surface area contributed by atoms with Crippen molar-refractivity contribution >= 4 is 22.8 Å². The van der Waals surface area contributed by atoms with Gasteiger partial charge >= 0.3 is 5.97 Å². The fourth-order valence-corrected chi connectivity index (χ4v) is 2.31. The molecule has 5 heteroatoms. The Balaban J connectivity index is 1.96. The van der Waals surface area contributed by atoms with Gasteiger partial charge in [-0.3, -0.25) is 9.59 Å². The summed E-state index contributed by atoms with van der Waals surface area (Å²) in [5.41, 5.74) is 3.92. The van der Waals surface area contributed by atoms with Gasteiger partial charge in [-0.05, 0) is 50.5 Å². The first kappa shape index (κ1) is 15.1. The quantitative estimate of drug-likeness (QED) is 0.715. The molecule has 0 radical (unpaired) electrons. The second kappa shape index (κ2) is 6.43. The molecule has 2 rings (SSSR count). The predicted molar refractivity (Wildman–Crippen MR) is 81.6 cm³/mol. The Morgan fingerprint density at radius 1 is 1.24 bits per heavy atom. The van der Waals surface area contributed by atoms with Crippen LogP contribution in [0.5, 0.6) is 0 Å². The Hall–Kier alpha value is -2.30. The summed E-state index contributed by atoms with van der Waals surface area (Å²) in [6.45, 7) is 4.54. The molecule has 0 unspecified atom stereocenters. The summed E-state index contributed by atoms with van der Waals surface area (Å²) >= 11 is 0. The van der Waals surface area contributed by atoms with E-state index in [-0.39, 0.29) is 12.3 Å². The van der Waals surface area contributed by atoms with E-state index in [1.165, 1.54) is 0 Å². The van der Waals surface area contributed by atoms with Crippen molar-refractivity contribution < 1.29 is 14.7 Å². The average molecular weight is 288 g/mol. The molecule has 0 fully saturated rings. The molecule has 1 amide bonds. The molecule has 3 N–H and O–H groups in total. The number of carbonyl (C=O) groups is 2. The average Bonchev–Trinajstić information content (AvgIpc) is 2.73. The zero-order valence-electron chi connectivity index (χ0n) is 12.3. The maximum absolute atomic E-state index is 12.1. The highest BCUT2D eigenvalue weighted by Crippen LogP contribution is 2.22. The number of aryl methyl sites for hydroxylation is 2. The highest BCUT2D eigenvalue weighted by molar-refractivity contribution is 5.99. The Kier molecular flexibility index (Phi) is 4.62. The number of carbonyl (C=O) groups excluding carboxylic acids is 1. The number of aromatic amines is 1. The minimum Gasteiger partial charge on any atom is -0.481 e. The molecule has 0 aliphatic carbocycles. The van der Waals surface area contributed by atoms with Gasteiger partial charge in [0.05, 0.1) is 0 Å². The lowest BCUT2D eigenvalue weighted by Gasteiger charge is -2.05. The van der Waals surface area contributed by atoms with E-state index in [0.717, 1.165) is 22.2 Å². The van der Waals surface area contributed by atoms with Crippen molar-refractivity contribution in [1.29, 1.82) is 0 Å². The van der Waals surface area contributed by atoms with E-state index in [9.17, 15) is 9.59 Å². The molecule has 0 aliphatic heterocycles. The first-order chi connectivity index (χ1) is 9.99. The van der Waals surface area contributed by atoms with Crippen LogP contribution in [0.15, 0.2) is 18.2 Å². The molecular weight excluding hydrogens is 268 g/mol. The van der Waals surface area contributed by atoms with Gasteiger partial charge in [0.2, 0.25) is 0 Å². The van der Waals surface area contributed by atoms with E-state index in [0.29, 0.717) is 24.9 Å². The topological polar surface area (TPSA) is 82.2 Å². The highest BCUT2D eigenvalue weighted by atomic mass is 16.4. The number of rotatable bonds is 6. The maximum Gasteiger partial charge on any atom is 0.303 e. The summed E-state index contributed by atoms with van der Waals surface area (Å²) in [7, 11) is 0. The van der Waals surface area contributed by atoms with E-state index >= 15 is 0 Å².